The summed E-state index contributed by atoms with van der Waals surface area (Å²) in [4.78, 5) is 25.1. The van der Waals surface area contributed by atoms with Crippen LogP contribution in [0.3, 0.4) is 0 Å². The third-order valence-corrected chi connectivity index (χ3v) is 6.42. The summed E-state index contributed by atoms with van der Waals surface area (Å²) in [7, 11) is 0. The number of fused-ring (bicyclic) bond motifs is 3. The van der Waals surface area contributed by atoms with Gasteiger partial charge in [-0.15, -0.1) is 0 Å². The molecular weight excluding hydrogens is 336 g/mol. The van der Waals surface area contributed by atoms with E-state index < -0.39 is 35.3 Å². The van der Waals surface area contributed by atoms with E-state index in [9.17, 15) is 19.8 Å². The summed E-state index contributed by atoms with van der Waals surface area (Å²) in [6.07, 6.45) is 3.16. The van der Waals surface area contributed by atoms with Gasteiger partial charge in [-0.2, -0.15) is 0 Å². The van der Waals surface area contributed by atoms with E-state index in [1.54, 1.807) is 6.92 Å². The number of ketones is 1. The van der Waals surface area contributed by atoms with Crippen molar-refractivity contribution in [3.63, 3.8) is 0 Å². The average molecular weight is 366 g/mol. The summed E-state index contributed by atoms with van der Waals surface area (Å²) in [5, 5.41) is 21.6. The van der Waals surface area contributed by atoms with Crippen LogP contribution in [0.1, 0.15) is 59.8 Å². The second-order valence-corrected chi connectivity index (χ2v) is 8.70. The zero-order valence-corrected chi connectivity index (χ0v) is 16.0. The highest BCUT2D eigenvalue weighted by atomic mass is 16.6. The minimum absolute atomic E-state index is 0.0240. The molecule has 3 heterocycles. The summed E-state index contributed by atoms with van der Waals surface area (Å²) < 4.78 is 11.5. The molecule has 0 amide bonds. The van der Waals surface area contributed by atoms with Crippen LogP contribution in [0.5, 0.6) is 0 Å². The van der Waals surface area contributed by atoms with Crippen molar-refractivity contribution in [2.75, 3.05) is 0 Å². The molecule has 3 aliphatic heterocycles. The largest absolute Gasteiger partial charge is 0.456 e. The highest BCUT2D eigenvalue weighted by Gasteiger charge is 2.62. The molecule has 3 aliphatic rings. The Morgan fingerprint density at radius 1 is 1.23 bits per heavy atom. The smallest absolute Gasteiger partial charge is 0.339 e. The summed E-state index contributed by atoms with van der Waals surface area (Å²) in [6, 6.07) is 0. The molecule has 26 heavy (non-hydrogen) atoms. The maximum absolute atomic E-state index is 12.9. The van der Waals surface area contributed by atoms with Gasteiger partial charge in [0.2, 0.25) is 0 Å². The van der Waals surface area contributed by atoms with Gasteiger partial charge in [-0.25, -0.2) is 4.79 Å². The zero-order valence-electron chi connectivity index (χ0n) is 16.0. The Bertz CT molecular complexity index is 624. The van der Waals surface area contributed by atoms with Crippen molar-refractivity contribution in [1.82, 2.24) is 0 Å². The van der Waals surface area contributed by atoms with E-state index >= 15 is 0 Å². The summed E-state index contributed by atoms with van der Waals surface area (Å²) in [6.45, 7) is 7.12. The molecule has 2 bridgehead atoms. The average Bonchev–Trinajstić information content (AvgIpc) is 3.05. The normalized spacial score (nSPS) is 47.3. The molecule has 0 aliphatic carbocycles. The number of carbonyl (C=O) groups is 2. The number of aliphatic hydroxyl groups is 2. The Balaban J connectivity index is 1.99. The zero-order chi connectivity index (χ0) is 19.3. The molecule has 0 aromatic carbocycles. The first-order chi connectivity index (χ1) is 12.1. The van der Waals surface area contributed by atoms with Crippen LogP contribution < -0.4 is 0 Å². The van der Waals surface area contributed by atoms with Crippen LogP contribution in [0, 0.1) is 11.8 Å². The van der Waals surface area contributed by atoms with E-state index in [0.29, 0.717) is 12.3 Å². The van der Waals surface area contributed by atoms with Crippen molar-refractivity contribution < 1.29 is 29.3 Å². The van der Waals surface area contributed by atoms with E-state index in [4.69, 9.17) is 9.47 Å². The molecule has 6 heteroatoms. The minimum atomic E-state index is -1.94. The topological polar surface area (TPSA) is 93.1 Å². The van der Waals surface area contributed by atoms with Gasteiger partial charge < -0.3 is 19.7 Å². The Morgan fingerprint density at radius 3 is 2.62 bits per heavy atom. The van der Waals surface area contributed by atoms with Crippen LogP contribution in [-0.2, 0) is 19.1 Å². The maximum Gasteiger partial charge on any atom is 0.339 e. The second kappa shape index (κ2) is 6.73. The van der Waals surface area contributed by atoms with Crippen molar-refractivity contribution in [3.05, 3.63) is 11.6 Å². The second-order valence-electron chi connectivity index (χ2n) is 8.70. The van der Waals surface area contributed by atoms with Crippen molar-refractivity contribution in [3.8, 4) is 0 Å². The number of rotatable bonds is 0. The van der Waals surface area contributed by atoms with Gasteiger partial charge >= 0.3 is 5.97 Å². The fraction of sp³-hybridized carbons (Fsp3) is 0.800. The Hall–Kier alpha value is -1.24. The molecule has 0 radical (unpaired) electrons. The number of aliphatic hydroxyl groups excluding tert-OH is 1. The number of esters is 1. The Labute approximate surface area is 154 Å². The maximum atomic E-state index is 12.9. The standard InChI is InChI=1S/C20H30O6/c1-11-6-5-7-12(2)14-8-9-19(3,26-14)17(22)16-15(13(21)10-11)20(4,24)18(23)25-16/h6,12,14-17,22,24H,5,7-10H2,1-4H3. The van der Waals surface area contributed by atoms with Crippen molar-refractivity contribution >= 4 is 11.8 Å². The van der Waals surface area contributed by atoms with Gasteiger partial charge in [-0.05, 0) is 52.4 Å². The van der Waals surface area contributed by atoms with Crippen molar-refractivity contribution in [1.29, 1.82) is 0 Å². The van der Waals surface area contributed by atoms with Crippen LogP contribution in [0.2, 0.25) is 0 Å². The molecule has 2 fully saturated rings. The van der Waals surface area contributed by atoms with Gasteiger partial charge in [0.1, 0.15) is 18.0 Å². The van der Waals surface area contributed by atoms with Crippen molar-refractivity contribution in [2.45, 2.75) is 89.3 Å². The van der Waals surface area contributed by atoms with Crippen molar-refractivity contribution in [2.24, 2.45) is 11.8 Å². The third kappa shape index (κ3) is 3.23. The number of ether oxygens (including phenoxy) is 2. The number of hydrogen-bond acceptors (Lipinski definition) is 6. The van der Waals surface area contributed by atoms with Gasteiger partial charge in [-0.3, -0.25) is 4.79 Å². The lowest BCUT2D eigenvalue weighted by Gasteiger charge is -2.36. The Kier molecular flexibility index (Phi) is 5.05. The predicted molar refractivity (Wildman–Crippen MR) is 94.3 cm³/mol. The molecule has 146 valence electrons. The number of carbonyl (C=O) groups excluding carboxylic acids is 2. The van der Waals surface area contributed by atoms with Gasteiger partial charge in [0.25, 0.3) is 0 Å². The highest BCUT2D eigenvalue weighted by Crippen LogP contribution is 2.44. The minimum Gasteiger partial charge on any atom is -0.456 e. The first kappa shape index (κ1) is 19.5. The fourth-order valence-corrected chi connectivity index (χ4v) is 4.59. The lowest BCUT2D eigenvalue weighted by Crippen LogP contribution is -2.53. The third-order valence-electron chi connectivity index (χ3n) is 6.42. The highest BCUT2D eigenvalue weighted by molar-refractivity contribution is 5.94. The molecule has 7 unspecified atom stereocenters. The molecule has 2 N–H and O–H groups in total. The van der Waals surface area contributed by atoms with Crippen LogP contribution in [0.25, 0.3) is 0 Å². The summed E-state index contributed by atoms with van der Waals surface area (Å²) in [5.74, 6) is -1.93. The van der Waals surface area contributed by atoms with Gasteiger partial charge in [0, 0.05) is 6.42 Å². The van der Waals surface area contributed by atoms with Gasteiger partial charge in [0.05, 0.1) is 17.6 Å². The molecule has 0 aromatic rings. The van der Waals surface area contributed by atoms with Crippen LogP contribution in [0.15, 0.2) is 11.6 Å². The lowest BCUT2D eigenvalue weighted by atomic mass is 9.76. The van der Waals surface area contributed by atoms with Crippen LogP contribution in [-0.4, -0.2) is 51.5 Å². The molecule has 7 atom stereocenters. The predicted octanol–water partition coefficient (Wildman–Crippen LogP) is 1.91. The summed E-state index contributed by atoms with van der Waals surface area (Å²) >= 11 is 0. The molecule has 0 spiro atoms. The van der Waals surface area contributed by atoms with E-state index in [1.807, 2.05) is 13.0 Å². The first-order valence-corrected chi connectivity index (χ1v) is 9.54. The number of hydrogen-bond donors (Lipinski definition) is 2. The van der Waals surface area contributed by atoms with Crippen LogP contribution >= 0.6 is 0 Å². The molecule has 0 aromatic heterocycles. The van der Waals surface area contributed by atoms with E-state index in [1.165, 1.54) is 6.92 Å². The molecular formula is C20H30O6. The summed E-state index contributed by atoms with van der Waals surface area (Å²) in [5.41, 5.74) is -1.94. The Morgan fingerprint density at radius 2 is 1.92 bits per heavy atom. The molecule has 0 saturated carbocycles. The monoisotopic (exact) mass is 366 g/mol. The lowest BCUT2D eigenvalue weighted by molar-refractivity contribution is -0.171. The number of Topliss-reactive ketones (excluding diaryl/α,β-unsaturated/α-hetero) is 1. The van der Waals surface area contributed by atoms with Gasteiger partial charge in [0.15, 0.2) is 5.60 Å². The van der Waals surface area contributed by atoms with E-state index in [0.717, 1.165) is 24.8 Å². The number of allylic oxidation sites excluding steroid dienone is 2. The molecule has 2 saturated heterocycles. The van der Waals surface area contributed by atoms with Crippen LogP contribution in [0.4, 0.5) is 0 Å². The first-order valence-electron chi connectivity index (χ1n) is 9.54. The van der Waals surface area contributed by atoms with E-state index in [2.05, 4.69) is 6.92 Å². The van der Waals surface area contributed by atoms with E-state index in [-0.39, 0.29) is 18.3 Å². The van der Waals surface area contributed by atoms with Gasteiger partial charge in [-0.1, -0.05) is 18.6 Å². The molecule has 3 rings (SSSR count). The molecule has 6 nitrogen and oxygen atoms in total. The fourth-order valence-electron chi connectivity index (χ4n) is 4.59. The quantitative estimate of drug-likeness (QED) is 0.502. The SMILES string of the molecule is CC1=CCCC(C)C2CCC(C)(O2)C(O)C2OC(=O)C(C)(O)C2C(=O)C1.